The number of amides is 1. The van der Waals surface area contributed by atoms with Gasteiger partial charge in [0.05, 0.1) is 5.69 Å². The average molecular weight is 551 g/mol. The molecule has 5 rings (SSSR count). The second-order valence-electron chi connectivity index (χ2n) is 12.8. The molecule has 3 aliphatic heterocycles. The van der Waals surface area contributed by atoms with E-state index in [1.807, 2.05) is 25.7 Å². The zero-order valence-corrected chi connectivity index (χ0v) is 25.1. The summed E-state index contributed by atoms with van der Waals surface area (Å²) in [5, 5.41) is 0. The van der Waals surface area contributed by atoms with Crippen LogP contribution in [0.2, 0.25) is 0 Å². The van der Waals surface area contributed by atoms with Crippen molar-refractivity contribution in [3.05, 3.63) is 47.2 Å². The van der Waals surface area contributed by atoms with Crippen molar-refractivity contribution < 1.29 is 14.3 Å². The molecule has 2 saturated heterocycles. The first-order chi connectivity index (χ1) is 19.1. The zero-order valence-electron chi connectivity index (χ0n) is 25.1. The second-order valence-corrected chi connectivity index (χ2v) is 12.8. The van der Waals surface area contributed by atoms with E-state index >= 15 is 0 Å². The summed E-state index contributed by atoms with van der Waals surface area (Å²) < 4.78 is 12.0. The molecule has 2 aromatic rings. The minimum Gasteiger partial charge on any atom is -0.462 e. The van der Waals surface area contributed by atoms with E-state index in [0.717, 1.165) is 50.5 Å². The topological polar surface area (TPSA) is 74.3 Å². The van der Waals surface area contributed by atoms with Crippen molar-refractivity contribution in [1.82, 2.24) is 24.7 Å². The van der Waals surface area contributed by atoms with Gasteiger partial charge in [-0.15, -0.1) is 0 Å². The van der Waals surface area contributed by atoms with Gasteiger partial charge in [-0.1, -0.05) is 30.3 Å². The lowest BCUT2D eigenvalue weighted by molar-refractivity contribution is 0.0129. The van der Waals surface area contributed by atoms with Crippen LogP contribution in [0, 0.1) is 0 Å². The van der Waals surface area contributed by atoms with Crippen LogP contribution in [0.15, 0.2) is 30.3 Å². The van der Waals surface area contributed by atoms with Gasteiger partial charge < -0.3 is 24.2 Å². The molecule has 1 aromatic carbocycles. The number of aromatic nitrogens is 2. The number of nitrogens with zero attached hydrogens (tertiary/aromatic N) is 6. The molecule has 218 valence electrons. The molecule has 0 N–H and O–H groups in total. The zero-order chi connectivity index (χ0) is 28.4. The van der Waals surface area contributed by atoms with Crippen LogP contribution in [-0.2, 0) is 24.2 Å². The highest BCUT2D eigenvalue weighted by molar-refractivity contribution is 5.69. The summed E-state index contributed by atoms with van der Waals surface area (Å²) in [5.74, 6) is 0.960. The van der Waals surface area contributed by atoms with Crippen molar-refractivity contribution in [2.45, 2.75) is 90.7 Å². The monoisotopic (exact) mass is 550 g/mol. The summed E-state index contributed by atoms with van der Waals surface area (Å²) in [6.07, 6.45) is 2.97. The molecule has 4 heterocycles. The van der Waals surface area contributed by atoms with E-state index in [0.29, 0.717) is 31.7 Å². The lowest BCUT2D eigenvalue weighted by atomic mass is 10.0. The van der Waals surface area contributed by atoms with Gasteiger partial charge in [-0.25, -0.2) is 4.79 Å². The predicted octanol–water partition coefficient (Wildman–Crippen LogP) is 4.34. The first-order valence-electron chi connectivity index (χ1n) is 14.8. The van der Waals surface area contributed by atoms with E-state index in [9.17, 15) is 4.79 Å². The summed E-state index contributed by atoms with van der Waals surface area (Å²) in [7, 11) is 2.16. The van der Waals surface area contributed by atoms with Gasteiger partial charge in [0, 0.05) is 56.4 Å². The number of likely N-dealkylation sites (tertiary alicyclic amines) is 1. The van der Waals surface area contributed by atoms with Gasteiger partial charge in [-0.2, -0.15) is 9.97 Å². The summed E-state index contributed by atoms with van der Waals surface area (Å²) in [5.41, 5.74) is 3.05. The Kier molecular flexibility index (Phi) is 8.52. The normalized spacial score (nSPS) is 24.2. The number of fused-ring (bicyclic) bond motifs is 1. The molecule has 9 nitrogen and oxygen atoms in total. The number of carbonyl (C=O) groups excluding carboxylic acids is 1. The SMILES string of the molecule is C[C@@H]1CN(c2nc(OC[C@@H]3CCCN3C)nc3c2CCN(Cc2ccccc2)C3)[C@@H](C)CN1C(=O)OC(C)(C)C. The van der Waals surface area contributed by atoms with Crippen molar-refractivity contribution in [3.8, 4) is 6.01 Å². The summed E-state index contributed by atoms with van der Waals surface area (Å²) in [6, 6.07) is 11.5. The Morgan fingerprint density at radius 2 is 1.82 bits per heavy atom. The highest BCUT2D eigenvalue weighted by Gasteiger charge is 2.37. The number of likely N-dealkylation sites (N-methyl/N-ethyl adjacent to an activating group) is 1. The molecule has 0 spiro atoms. The maximum Gasteiger partial charge on any atom is 0.410 e. The van der Waals surface area contributed by atoms with Crippen molar-refractivity contribution in [3.63, 3.8) is 0 Å². The number of rotatable bonds is 6. The molecule has 3 aliphatic rings. The number of piperazine rings is 1. The van der Waals surface area contributed by atoms with Crippen molar-refractivity contribution in [1.29, 1.82) is 0 Å². The number of carbonyl (C=O) groups is 1. The third-order valence-corrected chi connectivity index (χ3v) is 8.31. The van der Waals surface area contributed by atoms with Crippen LogP contribution in [0.1, 0.15) is 64.3 Å². The van der Waals surface area contributed by atoms with Crippen LogP contribution < -0.4 is 9.64 Å². The Balaban J connectivity index is 1.39. The van der Waals surface area contributed by atoms with Crippen LogP contribution >= 0.6 is 0 Å². The van der Waals surface area contributed by atoms with E-state index in [1.54, 1.807) is 0 Å². The Bertz CT molecular complexity index is 1170. The third kappa shape index (κ3) is 6.69. The Labute approximate surface area is 239 Å². The minimum atomic E-state index is -0.520. The smallest absolute Gasteiger partial charge is 0.410 e. The molecule has 2 fully saturated rings. The molecule has 1 amide bonds. The standard InChI is InChI=1S/C31H46N6O3/c1-22-18-37(30(38)40-31(3,4)5)23(2)17-36(22)28-26-14-16-35(19-24-11-8-7-9-12-24)20-27(26)32-29(33-28)39-21-25-13-10-15-34(25)6/h7-9,11-12,22-23,25H,10,13-21H2,1-6H3/t22-,23+,25-/m0/s1. The van der Waals surface area contributed by atoms with Gasteiger partial charge in [0.15, 0.2) is 0 Å². The van der Waals surface area contributed by atoms with E-state index < -0.39 is 5.60 Å². The first kappa shape index (κ1) is 28.6. The second kappa shape index (κ2) is 11.9. The van der Waals surface area contributed by atoms with E-state index in [-0.39, 0.29) is 18.2 Å². The Morgan fingerprint density at radius 1 is 1.05 bits per heavy atom. The lowest BCUT2D eigenvalue weighted by Crippen LogP contribution is -2.59. The maximum absolute atomic E-state index is 13.0. The van der Waals surface area contributed by atoms with Gasteiger partial charge in [0.2, 0.25) is 0 Å². The van der Waals surface area contributed by atoms with Gasteiger partial charge in [0.1, 0.15) is 18.0 Å². The average Bonchev–Trinajstić information content (AvgIpc) is 3.32. The van der Waals surface area contributed by atoms with E-state index in [2.05, 4.69) is 65.9 Å². The molecule has 0 aliphatic carbocycles. The number of ether oxygens (including phenoxy) is 2. The summed E-state index contributed by atoms with van der Waals surface area (Å²) in [4.78, 5) is 32.0. The van der Waals surface area contributed by atoms with Crippen molar-refractivity contribution in [2.24, 2.45) is 0 Å². The molecule has 3 atom stereocenters. The first-order valence-corrected chi connectivity index (χ1v) is 14.8. The number of hydrogen-bond acceptors (Lipinski definition) is 8. The predicted molar refractivity (Wildman–Crippen MR) is 157 cm³/mol. The quantitative estimate of drug-likeness (QED) is 0.526. The van der Waals surface area contributed by atoms with Gasteiger partial charge in [-0.3, -0.25) is 4.90 Å². The molecule has 0 unspecified atom stereocenters. The van der Waals surface area contributed by atoms with Crippen molar-refractivity contribution >= 4 is 11.9 Å². The number of benzene rings is 1. The van der Waals surface area contributed by atoms with Gasteiger partial charge >= 0.3 is 12.1 Å². The van der Waals surface area contributed by atoms with Crippen LogP contribution in [0.3, 0.4) is 0 Å². The molecule has 9 heteroatoms. The fourth-order valence-corrected chi connectivity index (χ4v) is 6.08. The minimum absolute atomic E-state index is 0.00802. The summed E-state index contributed by atoms with van der Waals surface area (Å²) >= 11 is 0. The van der Waals surface area contributed by atoms with Crippen LogP contribution in [0.5, 0.6) is 6.01 Å². The van der Waals surface area contributed by atoms with E-state index in [4.69, 9.17) is 19.4 Å². The van der Waals surface area contributed by atoms with Crippen molar-refractivity contribution in [2.75, 3.05) is 44.7 Å². The lowest BCUT2D eigenvalue weighted by Gasteiger charge is -2.45. The molecular weight excluding hydrogens is 504 g/mol. The molecule has 0 radical (unpaired) electrons. The van der Waals surface area contributed by atoms with Crippen LogP contribution in [-0.4, -0.2) is 94.3 Å². The van der Waals surface area contributed by atoms with Crippen LogP contribution in [0.25, 0.3) is 0 Å². The van der Waals surface area contributed by atoms with E-state index in [1.165, 1.54) is 17.5 Å². The molecule has 1 aromatic heterocycles. The molecule has 40 heavy (non-hydrogen) atoms. The van der Waals surface area contributed by atoms with Gasteiger partial charge in [0.25, 0.3) is 0 Å². The highest BCUT2D eigenvalue weighted by atomic mass is 16.6. The Hall–Kier alpha value is -2.91. The fraction of sp³-hybridized carbons (Fsp3) is 0.645. The molecule has 0 saturated carbocycles. The van der Waals surface area contributed by atoms with Crippen LogP contribution in [0.4, 0.5) is 10.6 Å². The summed E-state index contributed by atoms with van der Waals surface area (Å²) in [6.45, 7) is 15.6. The molecule has 0 bridgehead atoms. The fourth-order valence-electron chi connectivity index (χ4n) is 6.08. The number of hydrogen-bond donors (Lipinski definition) is 0. The largest absolute Gasteiger partial charge is 0.462 e. The highest BCUT2D eigenvalue weighted by Crippen LogP contribution is 2.33. The maximum atomic E-state index is 13.0. The third-order valence-electron chi connectivity index (χ3n) is 8.31. The molecular formula is C31H46N6O3. The van der Waals surface area contributed by atoms with Gasteiger partial charge in [-0.05, 0) is 73.0 Å². The number of anilines is 1. The Morgan fingerprint density at radius 3 is 2.52 bits per heavy atom.